The number of amides is 1. The van der Waals surface area contributed by atoms with Gasteiger partial charge in [-0.2, -0.15) is 0 Å². The molecule has 0 aromatic carbocycles. The van der Waals surface area contributed by atoms with Crippen LogP contribution in [-0.4, -0.2) is 35.1 Å². The lowest BCUT2D eigenvalue weighted by Crippen LogP contribution is -2.44. The van der Waals surface area contributed by atoms with Gasteiger partial charge in [-0.3, -0.25) is 4.79 Å². The maximum atomic E-state index is 11.0. The fraction of sp³-hybridized carbons (Fsp3) is 0.667. The van der Waals surface area contributed by atoms with Crippen LogP contribution in [0.1, 0.15) is 13.3 Å². The number of carbonyl (C=O) groups excluding carboxylic acids is 1. The Morgan fingerprint density at radius 2 is 2.42 bits per heavy atom. The van der Waals surface area contributed by atoms with Crippen LogP contribution < -0.4 is 0 Å². The maximum absolute atomic E-state index is 11.0. The van der Waals surface area contributed by atoms with Crippen molar-refractivity contribution in [1.29, 1.82) is 0 Å². The summed E-state index contributed by atoms with van der Waals surface area (Å²) >= 11 is 0. The minimum Gasteiger partial charge on any atom is -0.393 e. The molecular formula is C9H13NO2. The zero-order chi connectivity index (χ0) is 9.14. The highest BCUT2D eigenvalue weighted by Gasteiger charge is 2.25. The number of hydrogen-bond acceptors (Lipinski definition) is 2. The molecule has 3 heteroatoms. The predicted molar refractivity (Wildman–Crippen MR) is 45.2 cm³/mol. The van der Waals surface area contributed by atoms with Gasteiger partial charge in [0.05, 0.1) is 6.10 Å². The van der Waals surface area contributed by atoms with Gasteiger partial charge in [0.15, 0.2) is 0 Å². The van der Waals surface area contributed by atoms with E-state index in [0.717, 1.165) is 0 Å². The summed E-state index contributed by atoms with van der Waals surface area (Å²) in [6.07, 6.45) is 5.33. The lowest BCUT2D eigenvalue weighted by Gasteiger charge is -2.33. The number of terminal acetylenes is 1. The van der Waals surface area contributed by atoms with Crippen LogP contribution in [0, 0.1) is 18.3 Å². The van der Waals surface area contributed by atoms with Crippen molar-refractivity contribution in [3.8, 4) is 12.3 Å². The number of carbonyl (C=O) groups is 1. The predicted octanol–water partition coefficient (Wildman–Crippen LogP) is -0.151. The van der Waals surface area contributed by atoms with E-state index in [-0.39, 0.29) is 17.9 Å². The van der Waals surface area contributed by atoms with Gasteiger partial charge in [0.2, 0.25) is 0 Å². The summed E-state index contributed by atoms with van der Waals surface area (Å²) < 4.78 is 0. The van der Waals surface area contributed by atoms with Gasteiger partial charge in [0, 0.05) is 13.1 Å². The second kappa shape index (κ2) is 3.59. The molecule has 1 N–H and O–H groups in total. The van der Waals surface area contributed by atoms with Gasteiger partial charge in [-0.25, -0.2) is 0 Å². The number of nitrogens with zero attached hydrogens (tertiary/aromatic N) is 1. The van der Waals surface area contributed by atoms with Crippen molar-refractivity contribution in [2.45, 2.75) is 19.4 Å². The van der Waals surface area contributed by atoms with Crippen LogP contribution in [0.2, 0.25) is 0 Å². The van der Waals surface area contributed by atoms with Gasteiger partial charge < -0.3 is 10.0 Å². The molecule has 0 aliphatic carbocycles. The van der Waals surface area contributed by atoms with Crippen molar-refractivity contribution < 1.29 is 9.90 Å². The number of aliphatic hydroxyl groups excluding tert-OH is 1. The molecule has 66 valence electrons. The first-order valence-corrected chi connectivity index (χ1v) is 4.08. The summed E-state index contributed by atoms with van der Waals surface area (Å²) in [6, 6.07) is 0. The third-order valence-electron chi connectivity index (χ3n) is 2.27. The molecule has 0 bridgehead atoms. The zero-order valence-corrected chi connectivity index (χ0v) is 7.16. The molecular weight excluding hydrogens is 154 g/mol. The van der Waals surface area contributed by atoms with Crippen LogP contribution >= 0.6 is 0 Å². The summed E-state index contributed by atoms with van der Waals surface area (Å²) in [4.78, 5) is 12.6. The van der Waals surface area contributed by atoms with Gasteiger partial charge in [-0.1, -0.05) is 6.92 Å². The molecule has 1 heterocycles. The smallest absolute Gasteiger partial charge is 0.298 e. The van der Waals surface area contributed by atoms with Gasteiger partial charge in [0.25, 0.3) is 5.91 Å². The van der Waals surface area contributed by atoms with E-state index in [4.69, 9.17) is 6.42 Å². The van der Waals surface area contributed by atoms with Crippen molar-refractivity contribution in [3.63, 3.8) is 0 Å². The normalized spacial score (nSPS) is 29.6. The first kappa shape index (κ1) is 9.08. The summed E-state index contributed by atoms with van der Waals surface area (Å²) in [5, 5.41) is 9.36. The molecule has 1 fully saturated rings. The van der Waals surface area contributed by atoms with Crippen LogP contribution in [0.3, 0.4) is 0 Å². The Hall–Kier alpha value is -1.01. The number of likely N-dealkylation sites (tertiary alicyclic amines) is 1. The highest BCUT2D eigenvalue weighted by molar-refractivity contribution is 5.92. The standard InChI is InChI=1S/C9H13NO2/c1-3-9(12)10-5-4-8(11)7(2)6-10/h1,7-8,11H,4-6H2,2H3. The summed E-state index contributed by atoms with van der Waals surface area (Å²) in [6.45, 7) is 3.07. The average molecular weight is 167 g/mol. The van der Waals surface area contributed by atoms with E-state index in [2.05, 4.69) is 5.92 Å². The monoisotopic (exact) mass is 167 g/mol. The Morgan fingerprint density at radius 3 is 2.92 bits per heavy atom. The molecule has 1 aliphatic heterocycles. The highest BCUT2D eigenvalue weighted by atomic mass is 16.3. The van der Waals surface area contributed by atoms with E-state index in [9.17, 15) is 9.90 Å². The number of hydrogen-bond donors (Lipinski definition) is 1. The van der Waals surface area contributed by atoms with Crippen LogP contribution in [0.25, 0.3) is 0 Å². The van der Waals surface area contributed by atoms with E-state index in [1.54, 1.807) is 4.90 Å². The zero-order valence-electron chi connectivity index (χ0n) is 7.16. The molecule has 3 nitrogen and oxygen atoms in total. The maximum Gasteiger partial charge on any atom is 0.298 e. The van der Waals surface area contributed by atoms with E-state index in [1.807, 2.05) is 6.92 Å². The third kappa shape index (κ3) is 1.77. The lowest BCUT2D eigenvalue weighted by molar-refractivity contribution is -0.128. The number of aliphatic hydroxyl groups is 1. The van der Waals surface area contributed by atoms with Gasteiger partial charge in [-0.05, 0) is 18.3 Å². The highest BCUT2D eigenvalue weighted by Crippen LogP contribution is 2.15. The minimum absolute atomic E-state index is 0.135. The molecule has 0 radical (unpaired) electrons. The van der Waals surface area contributed by atoms with Crippen LogP contribution in [0.15, 0.2) is 0 Å². The third-order valence-corrected chi connectivity index (χ3v) is 2.27. The second-order valence-electron chi connectivity index (χ2n) is 3.23. The van der Waals surface area contributed by atoms with Crippen LogP contribution in [0.5, 0.6) is 0 Å². The molecule has 0 aromatic heterocycles. The van der Waals surface area contributed by atoms with E-state index in [1.165, 1.54) is 0 Å². The molecule has 0 spiro atoms. The quantitative estimate of drug-likeness (QED) is 0.510. The van der Waals surface area contributed by atoms with E-state index >= 15 is 0 Å². The van der Waals surface area contributed by atoms with E-state index < -0.39 is 0 Å². The fourth-order valence-electron chi connectivity index (χ4n) is 1.41. The first-order valence-electron chi connectivity index (χ1n) is 4.08. The first-order chi connectivity index (χ1) is 5.65. The van der Waals surface area contributed by atoms with Crippen LogP contribution in [-0.2, 0) is 4.79 Å². The molecule has 1 amide bonds. The second-order valence-corrected chi connectivity index (χ2v) is 3.23. The van der Waals surface area contributed by atoms with Crippen molar-refractivity contribution in [1.82, 2.24) is 4.90 Å². The lowest BCUT2D eigenvalue weighted by atomic mass is 9.97. The van der Waals surface area contributed by atoms with Crippen LogP contribution in [0.4, 0.5) is 0 Å². The number of piperidine rings is 1. The summed E-state index contributed by atoms with van der Waals surface area (Å²) in [7, 11) is 0. The largest absolute Gasteiger partial charge is 0.393 e. The molecule has 2 unspecified atom stereocenters. The molecule has 0 aromatic rings. The van der Waals surface area contributed by atoms with Gasteiger partial charge >= 0.3 is 0 Å². The van der Waals surface area contributed by atoms with E-state index in [0.29, 0.717) is 19.5 Å². The molecule has 1 rings (SSSR count). The Labute approximate surface area is 72.4 Å². The summed E-state index contributed by atoms with van der Waals surface area (Å²) in [5.41, 5.74) is 0. The van der Waals surface area contributed by atoms with Gasteiger partial charge in [0.1, 0.15) is 0 Å². The average Bonchev–Trinajstić information content (AvgIpc) is 2.08. The topological polar surface area (TPSA) is 40.5 Å². The molecule has 1 aliphatic rings. The molecule has 1 saturated heterocycles. The Bertz CT molecular complexity index is 219. The Kier molecular flexibility index (Phi) is 2.72. The fourth-order valence-corrected chi connectivity index (χ4v) is 1.41. The Balaban J connectivity index is 2.52. The van der Waals surface area contributed by atoms with Crippen molar-refractivity contribution in [2.75, 3.05) is 13.1 Å². The molecule has 12 heavy (non-hydrogen) atoms. The SMILES string of the molecule is C#CC(=O)N1CCC(O)C(C)C1. The molecule has 2 atom stereocenters. The molecule has 0 saturated carbocycles. The van der Waals surface area contributed by atoms with Gasteiger partial charge in [-0.15, -0.1) is 6.42 Å². The number of rotatable bonds is 0. The van der Waals surface area contributed by atoms with Crippen molar-refractivity contribution in [2.24, 2.45) is 5.92 Å². The summed E-state index contributed by atoms with van der Waals surface area (Å²) in [5.74, 6) is 1.94. The van der Waals surface area contributed by atoms with Crippen molar-refractivity contribution in [3.05, 3.63) is 0 Å². The Morgan fingerprint density at radius 1 is 1.75 bits per heavy atom. The minimum atomic E-state index is -0.285. The van der Waals surface area contributed by atoms with Crippen molar-refractivity contribution >= 4 is 5.91 Å².